The maximum Gasteiger partial charge on any atom is 0.223 e. The molecule has 0 spiro atoms. The first kappa shape index (κ1) is 13.3. The van der Waals surface area contributed by atoms with E-state index in [9.17, 15) is 4.79 Å². The van der Waals surface area contributed by atoms with Gasteiger partial charge in [-0.25, -0.2) is 4.68 Å². The first-order valence-corrected chi connectivity index (χ1v) is 6.06. The van der Waals surface area contributed by atoms with Gasteiger partial charge in [-0.2, -0.15) is 5.10 Å². The van der Waals surface area contributed by atoms with Gasteiger partial charge in [-0.15, -0.1) is 0 Å². The van der Waals surface area contributed by atoms with E-state index in [0.717, 1.165) is 5.56 Å². The van der Waals surface area contributed by atoms with Crippen LogP contribution in [0.15, 0.2) is 36.5 Å². The highest BCUT2D eigenvalue weighted by Crippen LogP contribution is 2.20. The Hall–Kier alpha value is -2.14. The van der Waals surface area contributed by atoms with Crippen LogP contribution in [0.5, 0.6) is 5.88 Å². The fourth-order valence-corrected chi connectivity index (χ4v) is 1.75. The summed E-state index contributed by atoms with van der Waals surface area (Å²) in [6.07, 6.45) is 1.47. The van der Waals surface area contributed by atoms with E-state index in [1.54, 1.807) is 0 Å². The predicted molar refractivity (Wildman–Crippen MR) is 70.1 cm³/mol. The van der Waals surface area contributed by atoms with E-state index in [2.05, 4.69) is 5.10 Å². The molecule has 100 valence electrons. The van der Waals surface area contributed by atoms with E-state index in [4.69, 9.17) is 9.84 Å². The van der Waals surface area contributed by atoms with Crippen molar-refractivity contribution in [2.45, 2.75) is 20.1 Å². The van der Waals surface area contributed by atoms with Crippen LogP contribution in [0, 0.1) is 0 Å². The molecule has 0 unspecified atom stereocenters. The van der Waals surface area contributed by atoms with Gasteiger partial charge in [0, 0.05) is 0 Å². The lowest BCUT2D eigenvalue weighted by Crippen LogP contribution is -2.09. The molecule has 0 amide bonds. The summed E-state index contributed by atoms with van der Waals surface area (Å²) in [4.78, 5) is 11.5. The Morgan fingerprint density at radius 1 is 1.37 bits per heavy atom. The molecular formula is C14H16N2O3. The fourth-order valence-electron chi connectivity index (χ4n) is 1.75. The number of ether oxygens (including phenoxy) is 1. The summed E-state index contributed by atoms with van der Waals surface area (Å²) in [5.74, 6) is 0.303. The number of hydrogen-bond acceptors (Lipinski definition) is 4. The highest BCUT2D eigenvalue weighted by atomic mass is 16.5. The van der Waals surface area contributed by atoms with Crippen molar-refractivity contribution >= 4 is 5.78 Å². The molecule has 2 aromatic rings. The second kappa shape index (κ2) is 6.15. The molecule has 19 heavy (non-hydrogen) atoms. The van der Waals surface area contributed by atoms with Gasteiger partial charge in [0.15, 0.2) is 5.78 Å². The number of rotatable bonds is 6. The maximum atomic E-state index is 11.5. The van der Waals surface area contributed by atoms with Crippen LogP contribution in [-0.2, 0) is 13.2 Å². The van der Waals surface area contributed by atoms with Crippen molar-refractivity contribution in [3.63, 3.8) is 0 Å². The van der Waals surface area contributed by atoms with Crippen LogP contribution in [0.3, 0.4) is 0 Å². The Labute approximate surface area is 111 Å². The van der Waals surface area contributed by atoms with Crippen LogP contribution in [-0.4, -0.2) is 27.3 Å². The average Bonchev–Trinajstić information content (AvgIpc) is 2.81. The molecule has 0 saturated carbocycles. The van der Waals surface area contributed by atoms with Crippen LogP contribution in [0.2, 0.25) is 0 Å². The third-order valence-corrected chi connectivity index (χ3v) is 2.70. The number of aromatic nitrogens is 2. The summed E-state index contributed by atoms with van der Waals surface area (Å²) in [6, 6.07) is 9.67. The van der Waals surface area contributed by atoms with Gasteiger partial charge >= 0.3 is 0 Å². The van der Waals surface area contributed by atoms with Crippen molar-refractivity contribution < 1.29 is 14.6 Å². The normalized spacial score (nSPS) is 10.4. The molecule has 2 rings (SSSR count). The highest BCUT2D eigenvalue weighted by molar-refractivity contribution is 5.96. The quantitative estimate of drug-likeness (QED) is 0.802. The Bertz CT molecular complexity index is 549. The number of carbonyl (C=O) groups excluding carboxylic acids is 1. The number of benzene rings is 1. The van der Waals surface area contributed by atoms with Crippen LogP contribution in [0.25, 0.3) is 0 Å². The van der Waals surface area contributed by atoms with Crippen molar-refractivity contribution in [2.24, 2.45) is 0 Å². The second-order valence-electron chi connectivity index (χ2n) is 4.14. The lowest BCUT2D eigenvalue weighted by atomic mass is 10.2. The monoisotopic (exact) mass is 260 g/mol. The minimum absolute atomic E-state index is 0.0548. The topological polar surface area (TPSA) is 64.4 Å². The predicted octanol–water partition coefficient (Wildman–Crippen LogP) is 1.66. The van der Waals surface area contributed by atoms with E-state index in [0.29, 0.717) is 24.6 Å². The summed E-state index contributed by atoms with van der Waals surface area (Å²) < 4.78 is 7.18. The zero-order valence-corrected chi connectivity index (χ0v) is 10.7. The standard InChI is InChI=1S/C14H16N2O3/c1-11(18)13-9-15-16(7-8-17)14(13)19-10-12-5-3-2-4-6-12/h2-6,9,17H,7-8,10H2,1H3. The molecule has 0 aliphatic carbocycles. The van der Waals surface area contributed by atoms with E-state index in [1.807, 2.05) is 30.3 Å². The molecule has 1 aromatic carbocycles. The summed E-state index contributed by atoms with van der Waals surface area (Å²) in [6.45, 7) is 2.08. The zero-order valence-electron chi connectivity index (χ0n) is 10.7. The number of aliphatic hydroxyl groups excluding tert-OH is 1. The molecule has 0 aliphatic rings. The largest absolute Gasteiger partial charge is 0.472 e. The third-order valence-electron chi connectivity index (χ3n) is 2.70. The number of Topliss-reactive ketones (excluding diaryl/α,β-unsaturated/α-hetero) is 1. The molecule has 5 heteroatoms. The summed E-state index contributed by atoms with van der Waals surface area (Å²) >= 11 is 0. The summed E-state index contributed by atoms with van der Waals surface area (Å²) in [5, 5.41) is 13.0. The third kappa shape index (κ3) is 3.20. The van der Waals surface area contributed by atoms with Crippen molar-refractivity contribution in [1.82, 2.24) is 9.78 Å². The van der Waals surface area contributed by atoms with E-state index in [1.165, 1.54) is 17.8 Å². The number of ketones is 1. The van der Waals surface area contributed by atoms with Crippen LogP contribution in [0.4, 0.5) is 0 Å². The van der Waals surface area contributed by atoms with Gasteiger partial charge < -0.3 is 9.84 Å². The lowest BCUT2D eigenvalue weighted by Gasteiger charge is -2.09. The smallest absolute Gasteiger partial charge is 0.223 e. The van der Waals surface area contributed by atoms with Gasteiger partial charge in [0.2, 0.25) is 5.88 Å². The van der Waals surface area contributed by atoms with Crippen molar-refractivity contribution in [3.05, 3.63) is 47.7 Å². The second-order valence-corrected chi connectivity index (χ2v) is 4.14. The van der Waals surface area contributed by atoms with Crippen LogP contribution in [0.1, 0.15) is 22.8 Å². The summed E-state index contributed by atoms with van der Waals surface area (Å²) in [7, 11) is 0. The highest BCUT2D eigenvalue weighted by Gasteiger charge is 2.15. The number of aliphatic hydroxyl groups is 1. The minimum Gasteiger partial charge on any atom is -0.472 e. The molecular weight excluding hydrogens is 244 g/mol. The van der Waals surface area contributed by atoms with Gasteiger partial charge in [-0.05, 0) is 12.5 Å². The van der Waals surface area contributed by atoms with Crippen molar-refractivity contribution in [2.75, 3.05) is 6.61 Å². The van der Waals surface area contributed by atoms with E-state index < -0.39 is 0 Å². The first-order valence-electron chi connectivity index (χ1n) is 6.06. The molecule has 0 aliphatic heterocycles. The number of hydrogen-bond donors (Lipinski definition) is 1. The number of carbonyl (C=O) groups is 1. The Kier molecular flexibility index (Phi) is 4.30. The van der Waals surface area contributed by atoms with Gasteiger partial charge in [-0.1, -0.05) is 30.3 Å². The molecule has 1 aromatic heterocycles. The Morgan fingerprint density at radius 2 is 2.11 bits per heavy atom. The van der Waals surface area contributed by atoms with Crippen molar-refractivity contribution in [3.8, 4) is 5.88 Å². The van der Waals surface area contributed by atoms with Crippen LogP contribution < -0.4 is 4.74 Å². The molecule has 1 heterocycles. The lowest BCUT2D eigenvalue weighted by molar-refractivity contribution is 0.101. The Morgan fingerprint density at radius 3 is 2.74 bits per heavy atom. The SMILES string of the molecule is CC(=O)c1cnn(CCO)c1OCc1ccccc1. The molecule has 1 N–H and O–H groups in total. The zero-order chi connectivity index (χ0) is 13.7. The first-order chi connectivity index (χ1) is 9.22. The summed E-state index contributed by atoms with van der Waals surface area (Å²) in [5.41, 5.74) is 1.44. The van der Waals surface area contributed by atoms with Gasteiger partial charge in [0.25, 0.3) is 0 Å². The van der Waals surface area contributed by atoms with Gasteiger partial charge in [-0.3, -0.25) is 4.79 Å². The van der Waals surface area contributed by atoms with E-state index >= 15 is 0 Å². The minimum atomic E-state index is -0.104. The average molecular weight is 260 g/mol. The van der Waals surface area contributed by atoms with Crippen molar-refractivity contribution in [1.29, 1.82) is 0 Å². The van der Waals surface area contributed by atoms with E-state index in [-0.39, 0.29) is 12.4 Å². The van der Waals surface area contributed by atoms with Gasteiger partial charge in [0.05, 0.1) is 24.9 Å². The molecule has 0 radical (unpaired) electrons. The molecule has 0 fully saturated rings. The molecule has 5 nitrogen and oxygen atoms in total. The maximum absolute atomic E-state index is 11.5. The van der Waals surface area contributed by atoms with Crippen LogP contribution >= 0.6 is 0 Å². The van der Waals surface area contributed by atoms with Gasteiger partial charge in [0.1, 0.15) is 6.61 Å². The molecule has 0 atom stereocenters. The number of nitrogens with zero attached hydrogens (tertiary/aromatic N) is 2. The fraction of sp³-hybridized carbons (Fsp3) is 0.286. The molecule has 0 saturated heterocycles. The molecule has 0 bridgehead atoms. The Balaban J connectivity index is 2.17.